The van der Waals surface area contributed by atoms with Crippen LogP contribution in [0.1, 0.15) is 11.1 Å². The molecule has 3 aromatic carbocycles. The summed E-state index contributed by atoms with van der Waals surface area (Å²) in [7, 11) is 1.59. The van der Waals surface area contributed by atoms with E-state index in [0.717, 1.165) is 21.3 Å². The molecule has 0 aliphatic carbocycles. The van der Waals surface area contributed by atoms with Gasteiger partial charge >= 0.3 is 0 Å². The number of ether oxygens (including phenoxy) is 2. The molecule has 28 heavy (non-hydrogen) atoms. The van der Waals surface area contributed by atoms with Crippen molar-refractivity contribution in [2.75, 3.05) is 12.4 Å². The highest BCUT2D eigenvalue weighted by Crippen LogP contribution is 2.37. The van der Waals surface area contributed by atoms with Crippen molar-refractivity contribution in [3.05, 3.63) is 86.1 Å². The second-order valence-corrected chi connectivity index (χ2v) is 7.62. The zero-order valence-corrected chi connectivity index (χ0v) is 18.0. The van der Waals surface area contributed by atoms with E-state index in [2.05, 4.69) is 21.2 Å². The van der Waals surface area contributed by atoms with Crippen molar-refractivity contribution < 1.29 is 13.9 Å². The Morgan fingerprint density at radius 3 is 2.43 bits per heavy atom. The average molecular weight is 485 g/mol. The molecule has 1 N–H and O–H groups in total. The van der Waals surface area contributed by atoms with Gasteiger partial charge in [-0.2, -0.15) is 0 Å². The lowest BCUT2D eigenvalue weighted by molar-refractivity contribution is 0.281. The fraction of sp³-hybridized carbons (Fsp3) is 0.143. The minimum absolute atomic E-state index is 0.279. The third-order valence-corrected chi connectivity index (χ3v) is 5.55. The third kappa shape index (κ3) is 5.10. The van der Waals surface area contributed by atoms with Crippen molar-refractivity contribution in [3.8, 4) is 11.5 Å². The molecule has 0 spiro atoms. The Morgan fingerprint density at radius 1 is 1.00 bits per heavy atom. The lowest BCUT2D eigenvalue weighted by atomic mass is 10.1. The molecule has 0 heterocycles. The molecule has 7 heteroatoms. The number of hydrogen-bond donors (Lipinski definition) is 1. The Bertz CT molecular complexity index is 967. The van der Waals surface area contributed by atoms with Gasteiger partial charge in [-0.05, 0) is 54.1 Å². The van der Waals surface area contributed by atoms with Gasteiger partial charge in [0.2, 0.25) is 0 Å². The number of nitrogens with one attached hydrogen (secondary N) is 1. The van der Waals surface area contributed by atoms with E-state index in [1.165, 1.54) is 12.1 Å². The molecule has 3 nitrogen and oxygen atoms in total. The summed E-state index contributed by atoms with van der Waals surface area (Å²) in [4.78, 5) is 0. The van der Waals surface area contributed by atoms with Gasteiger partial charge in [0.1, 0.15) is 12.4 Å². The van der Waals surface area contributed by atoms with Crippen LogP contribution < -0.4 is 14.8 Å². The van der Waals surface area contributed by atoms with Crippen molar-refractivity contribution in [2.24, 2.45) is 0 Å². The topological polar surface area (TPSA) is 30.5 Å². The van der Waals surface area contributed by atoms with Gasteiger partial charge in [-0.3, -0.25) is 0 Å². The molecule has 0 unspecified atom stereocenters. The second-order valence-electron chi connectivity index (χ2n) is 5.95. The van der Waals surface area contributed by atoms with E-state index in [1.54, 1.807) is 31.4 Å². The monoisotopic (exact) mass is 483 g/mol. The lowest BCUT2D eigenvalue weighted by Crippen LogP contribution is -2.06. The Hall–Kier alpha value is -1.95. The van der Waals surface area contributed by atoms with Gasteiger partial charge in [0.25, 0.3) is 0 Å². The molecular weight excluding hydrogens is 468 g/mol. The maximum atomic E-state index is 13.1. The Labute approximate surface area is 181 Å². The maximum Gasteiger partial charge on any atom is 0.167 e. The summed E-state index contributed by atoms with van der Waals surface area (Å²) in [5.74, 6) is 0.940. The minimum atomic E-state index is -0.279. The SMILES string of the molecule is COc1ccc(Br)c(CNc2ccc(F)cc2)c1OCc1ccc(Cl)c(Cl)c1. The fourth-order valence-corrected chi connectivity index (χ4v) is 3.38. The van der Waals surface area contributed by atoms with Crippen molar-refractivity contribution in [3.63, 3.8) is 0 Å². The largest absolute Gasteiger partial charge is 0.493 e. The summed E-state index contributed by atoms with van der Waals surface area (Å²) in [5, 5.41) is 4.23. The first-order valence-corrected chi connectivity index (χ1v) is 9.94. The van der Waals surface area contributed by atoms with E-state index < -0.39 is 0 Å². The first kappa shape index (κ1) is 20.8. The number of hydrogen-bond acceptors (Lipinski definition) is 3. The molecule has 0 fully saturated rings. The highest BCUT2D eigenvalue weighted by molar-refractivity contribution is 9.10. The summed E-state index contributed by atoms with van der Waals surface area (Å²) >= 11 is 15.6. The molecular formula is C21H17BrCl2FNO2. The Balaban J connectivity index is 1.82. The molecule has 0 saturated heterocycles. The molecule has 0 radical (unpaired) electrons. The molecule has 0 bridgehead atoms. The number of methoxy groups -OCH3 is 1. The van der Waals surface area contributed by atoms with Crippen LogP contribution in [0.4, 0.5) is 10.1 Å². The van der Waals surface area contributed by atoms with Gasteiger partial charge in [-0.1, -0.05) is 45.2 Å². The van der Waals surface area contributed by atoms with Crippen molar-refractivity contribution in [1.29, 1.82) is 0 Å². The smallest absolute Gasteiger partial charge is 0.167 e. The highest BCUT2D eigenvalue weighted by Gasteiger charge is 2.15. The molecule has 0 saturated carbocycles. The van der Waals surface area contributed by atoms with Crippen LogP contribution in [0.15, 0.2) is 59.1 Å². The maximum absolute atomic E-state index is 13.1. The van der Waals surface area contributed by atoms with E-state index in [1.807, 2.05) is 18.2 Å². The third-order valence-electron chi connectivity index (χ3n) is 4.07. The number of benzene rings is 3. The van der Waals surface area contributed by atoms with Crippen molar-refractivity contribution in [1.82, 2.24) is 0 Å². The van der Waals surface area contributed by atoms with Crippen LogP contribution in [0.25, 0.3) is 0 Å². The molecule has 0 aliphatic rings. The van der Waals surface area contributed by atoms with E-state index in [-0.39, 0.29) is 5.82 Å². The van der Waals surface area contributed by atoms with Crippen molar-refractivity contribution >= 4 is 44.8 Å². The van der Waals surface area contributed by atoms with Gasteiger partial charge in [-0.25, -0.2) is 4.39 Å². The van der Waals surface area contributed by atoms with Gasteiger partial charge in [-0.15, -0.1) is 0 Å². The predicted molar refractivity (Wildman–Crippen MR) is 115 cm³/mol. The van der Waals surface area contributed by atoms with E-state index >= 15 is 0 Å². The molecule has 0 amide bonds. The molecule has 146 valence electrons. The minimum Gasteiger partial charge on any atom is -0.493 e. The van der Waals surface area contributed by atoms with E-state index in [0.29, 0.717) is 34.7 Å². The Morgan fingerprint density at radius 2 is 1.75 bits per heavy atom. The summed E-state index contributed by atoms with van der Waals surface area (Å²) in [6.07, 6.45) is 0. The molecule has 0 aliphatic heterocycles. The molecule has 0 atom stereocenters. The van der Waals surface area contributed by atoms with Gasteiger partial charge < -0.3 is 14.8 Å². The van der Waals surface area contributed by atoms with E-state index in [9.17, 15) is 4.39 Å². The Kier molecular flexibility index (Phi) is 7.05. The van der Waals surface area contributed by atoms with Crippen LogP contribution in [0.5, 0.6) is 11.5 Å². The van der Waals surface area contributed by atoms with Crippen LogP contribution in [0, 0.1) is 5.82 Å². The van der Waals surface area contributed by atoms with Gasteiger partial charge in [0.05, 0.1) is 17.2 Å². The fourth-order valence-electron chi connectivity index (χ4n) is 2.61. The second kappa shape index (κ2) is 9.50. The summed E-state index contributed by atoms with van der Waals surface area (Å²) < 4.78 is 25.5. The highest BCUT2D eigenvalue weighted by atomic mass is 79.9. The van der Waals surface area contributed by atoms with Crippen LogP contribution in [-0.2, 0) is 13.2 Å². The number of rotatable bonds is 7. The quantitative estimate of drug-likeness (QED) is 0.388. The molecule has 3 rings (SSSR count). The summed E-state index contributed by atoms with van der Waals surface area (Å²) in [6.45, 7) is 0.757. The normalized spacial score (nSPS) is 10.6. The van der Waals surface area contributed by atoms with Gasteiger partial charge in [0.15, 0.2) is 11.5 Å². The molecule has 3 aromatic rings. The van der Waals surface area contributed by atoms with Crippen LogP contribution >= 0.6 is 39.1 Å². The van der Waals surface area contributed by atoms with Gasteiger partial charge in [0, 0.05) is 22.3 Å². The standard InChI is InChI=1S/C21H17BrCl2FNO2/c1-27-20-9-7-17(22)16(11-26-15-5-3-14(25)4-6-15)21(20)28-12-13-2-8-18(23)19(24)10-13/h2-10,26H,11-12H2,1H3. The van der Waals surface area contributed by atoms with E-state index in [4.69, 9.17) is 32.7 Å². The predicted octanol–water partition coefficient (Wildman–Crippen LogP) is 7.09. The van der Waals surface area contributed by atoms with Crippen LogP contribution in [-0.4, -0.2) is 7.11 Å². The average Bonchev–Trinajstić information content (AvgIpc) is 2.69. The first-order chi connectivity index (χ1) is 13.5. The van der Waals surface area contributed by atoms with Crippen molar-refractivity contribution in [2.45, 2.75) is 13.2 Å². The molecule has 0 aromatic heterocycles. The van der Waals surface area contributed by atoms with Crippen LogP contribution in [0.3, 0.4) is 0 Å². The summed E-state index contributed by atoms with van der Waals surface area (Å²) in [5.41, 5.74) is 2.56. The zero-order chi connectivity index (χ0) is 20.1. The lowest BCUT2D eigenvalue weighted by Gasteiger charge is -2.18. The van der Waals surface area contributed by atoms with Crippen LogP contribution in [0.2, 0.25) is 10.0 Å². The zero-order valence-electron chi connectivity index (χ0n) is 14.9. The number of halogens is 4. The summed E-state index contributed by atoms with van der Waals surface area (Å²) in [6, 6.07) is 15.3. The first-order valence-electron chi connectivity index (χ1n) is 8.39. The number of anilines is 1.